The molecule has 0 fully saturated rings. The summed E-state index contributed by atoms with van der Waals surface area (Å²) >= 11 is 5.84. The molecule has 2 atom stereocenters. The van der Waals surface area contributed by atoms with E-state index in [-0.39, 0.29) is 11.9 Å². The SMILES string of the molecule is COc1ccc([C@@H](C)NC(=O)[C@H](C)Oc2ccc(Cl)cc2)cc1OC. The Balaban J connectivity index is 2.00. The van der Waals surface area contributed by atoms with Crippen LogP contribution in [-0.2, 0) is 4.79 Å². The molecule has 0 aromatic heterocycles. The van der Waals surface area contributed by atoms with Crippen molar-refractivity contribution in [3.63, 3.8) is 0 Å². The van der Waals surface area contributed by atoms with Gasteiger partial charge in [0, 0.05) is 5.02 Å². The fourth-order valence-electron chi connectivity index (χ4n) is 2.31. The lowest BCUT2D eigenvalue weighted by Gasteiger charge is -2.20. The molecule has 0 bridgehead atoms. The predicted octanol–water partition coefficient (Wildman–Crippen LogP) is 4.00. The zero-order valence-electron chi connectivity index (χ0n) is 14.7. The maximum atomic E-state index is 12.4. The maximum Gasteiger partial charge on any atom is 0.261 e. The number of rotatable bonds is 7. The first kappa shape index (κ1) is 18.9. The van der Waals surface area contributed by atoms with E-state index < -0.39 is 6.10 Å². The van der Waals surface area contributed by atoms with Gasteiger partial charge in [0.1, 0.15) is 5.75 Å². The fraction of sp³-hybridized carbons (Fsp3) is 0.316. The Kier molecular flexibility index (Phi) is 6.53. The Morgan fingerprint density at radius 2 is 1.64 bits per heavy atom. The quantitative estimate of drug-likeness (QED) is 0.807. The number of ether oxygens (including phenoxy) is 3. The van der Waals surface area contributed by atoms with Crippen LogP contribution in [0.2, 0.25) is 5.02 Å². The molecule has 0 aliphatic heterocycles. The normalized spacial score (nSPS) is 12.8. The van der Waals surface area contributed by atoms with Crippen LogP contribution in [0.1, 0.15) is 25.5 Å². The van der Waals surface area contributed by atoms with Gasteiger partial charge in [0.05, 0.1) is 20.3 Å². The highest BCUT2D eigenvalue weighted by Crippen LogP contribution is 2.30. The number of hydrogen-bond acceptors (Lipinski definition) is 4. The number of carbonyl (C=O) groups excluding carboxylic acids is 1. The van der Waals surface area contributed by atoms with E-state index >= 15 is 0 Å². The number of nitrogens with one attached hydrogen (secondary N) is 1. The van der Waals surface area contributed by atoms with Gasteiger partial charge in [-0.15, -0.1) is 0 Å². The van der Waals surface area contributed by atoms with Crippen LogP contribution in [-0.4, -0.2) is 26.2 Å². The van der Waals surface area contributed by atoms with Gasteiger partial charge in [0.2, 0.25) is 0 Å². The van der Waals surface area contributed by atoms with Crippen molar-refractivity contribution in [2.24, 2.45) is 0 Å². The molecule has 1 N–H and O–H groups in total. The van der Waals surface area contributed by atoms with Crippen molar-refractivity contribution in [1.82, 2.24) is 5.32 Å². The van der Waals surface area contributed by atoms with Crippen LogP contribution < -0.4 is 19.5 Å². The highest BCUT2D eigenvalue weighted by Gasteiger charge is 2.18. The second-order valence-electron chi connectivity index (χ2n) is 5.56. The smallest absolute Gasteiger partial charge is 0.261 e. The average molecular weight is 364 g/mol. The topological polar surface area (TPSA) is 56.8 Å². The zero-order chi connectivity index (χ0) is 18.4. The third-order valence-electron chi connectivity index (χ3n) is 3.76. The first-order chi connectivity index (χ1) is 11.9. The Morgan fingerprint density at radius 1 is 1.00 bits per heavy atom. The summed E-state index contributed by atoms with van der Waals surface area (Å²) in [6, 6.07) is 12.2. The molecule has 0 radical (unpaired) electrons. The third kappa shape index (κ3) is 5.03. The molecule has 2 aromatic rings. The van der Waals surface area contributed by atoms with Crippen LogP contribution in [0.3, 0.4) is 0 Å². The van der Waals surface area contributed by atoms with Gasteiger partial charge in [0.15, 0.2) is 17.6 Å². The minimum absolute atomic E-state index is 0.205. The van der Waals surface area contributed by atoms with E-state index in [1.165, 1.54) is 0 Å². The number of halogens is 1. The van der Waals surface area contributed by atoms with Crippen molar-refractivity contribution >= 4 is 17.5 Å². The minimum atomic E-state index is -0.635. The fourth-order valence-corrected chi connectivity index (χ4v) is 2.43. The van der Waals surface area contributed by atoms with Gasteiger partial charge in [0.25, 0.3) is 5.91 Å². The van der Waals surface area contributed by atoms with Crippen LogP contribution in [0.5, 0.6) is 17.2 Å². The molecule has 0 saturated heterocycles. The van der Waals surface area contributed by atoms with E-state index in [1.54, 1.807) is 45.4 Å². The third-order valence-corrected chi connectivity index (χ3v) is 4.01. The summed E-state index contributed by atoms with van der Waals surface area (Å²) in [6.45, 7) is 3.60. The lowest BCUT2D eigenvalue weighted by atomic mass is 10.1. The molecule has 6 heteroatoms. The molecule has 0 saturated carbocycles. The summed E-state index contributed by atoms with van der Waals surface area (Å²) < 4.78 is 16.2. The number of benzene rings is 2. The molecule has 2 rings (SSSR count). The van der Waals surface area contributed by atoms with Crippen molar-refractivity contribution in [2.75, 3.05) is 14.2 Å². The Hall–Kier alpha value is -2.40. The van der Waals surface area contributed by atoms with Crippen molar-refractivity contribution in [3.05, 3.63) is 53.1 Å². The molecule has 1 amide bonds. The summed E-state index contributed by atoms with van der Waals surface area (Å²) in [5, 5.41) is 3.55. The van der Waals surface area contributed by atoms with Gasteiger partial charge in [-0.2, -0.15) is 0 Å². The van der Waals surface area contributed by atoms with Gasteiger partial charge < -0.3 is 19.5 Å². The Labute approximate surface area is 152 Å². The largest absolute Gasteiger partial charge is 0.493 e. The van der Waals surface area contributed by atoms with Gasteiger partial charge in [-0.1, -0.05) is 17.7 Å². The monoisotopic (exact) mass is 363 g/mol. The van der Waals surface area contributed by atoms with Crippen LogP contribution in [0.25, 0.3) is 0 Å². The van der Waals surface area contributed by atoms with Crippen molar-refractivity contribution in [3.8, 4) is 17.2 Å². The Morgan fingerprint density at radius 3 is 2.24 bits per heavy atom. The molecular formula is C19H22ClNO4. The van der Waals surface area contributed by atoms with Gasteiger partial charge >= 0.3 is 0 Å². The van der Waals surface area contributed by atoms with E-state index in [0.717, 1.165) is 5.56 Å². The van der Waals surface area contributed by atoms with E-state index in [2.05, 4.69) is 5.32 Å². The lowest BCUT2D eigenvalue weighted by Crippen LogP contribution is -2.37. The zero-order valence-corrected chi connectivity index (χ0v) is 15.5. The van der Waals surface area contributed by atoms with Crippen molar-refractivity contribution in [1.29, 1.82) is 0 Å². The molecule has 134 valence electrons. The first-order valence-corrected chi connectivity index (χ1v) is 8.27. The molecule has 0 heterocycles. The minimum Gasteiger partial charge on any atom is -0.493 e. The number of methoxy groups -OCH3 is 2. The molecule has 0 aliphatic carbocycles. The van der Waals surface area contributed by atoms with E-state index in [4.69, 9.17) is 25.8 Å². The second kappa shape index (κ2) is 8.62. The summed E-state index contributed by atoms with van der Waals surface area (Å²) in [6.07, 6.45) is -0.635. The predicted molar refractivity (Wildman–Crippen MR) is 97.6 cm³/mol. The molecule has 5 nitrogen and oxygen atoms in total. The first-order valence-electron chi connectivity index (χ1n) is 7.89. The molecule has 2 aromatic carbocycles. The van der Waals surface area contributed by atoms with Crippen molar-refractivity contribution in [2.45, 2.75) is 26.0 Å². The summed E-state index contributed by atoms with van der Waals surface area (Å²) in [5.74, 6) is 1.64. The number of amides is 1. The standard InChI is InChI=1S/C19H22ClNO4/c1-12(14-5-10-17(23-3)18(11-14)24-4)21-19(22)13(2)25-16-8-6-15(20)7-9-16/h5-13H,1-4H3,(H,21,22)/t12-,13+/m1/s1. The second-order valence-corrected chi connectivity index (χ2v) is 6.00. The van der Waals surface area contributed by atoms with E-state index in [9.17, 15) is 4.79 Å². The molecule has 25 heavy (non-hydrogen) atoms. The Bertz CT molecular complexity index is 718. The molecule has 0 unspecified atom stereocenters. The molecule has 0 spiro atoms. The maximum absolute atomic E-state index is 12.4. The number of hydrogen-bond donors (Lipinski definition) is 1. The van der Waals surface area contributed by atoms with Gasteiger partial charge in [-0.05, 0) is 55.8 Å². The van der Waals surface area contributed by atoms with Crippen LogP contribution in [0.15, 0.2) is 42.5 Å². The average Bonchev–Trinajstić information content (AvgIpc) is 2.62. The molecular weight excluding hydrogens is 342 g/mol. The summed E-state index contributed by atoms with van der Waals surface area (Å²) in [7, 11) is 3.16. The van der Waals surface area contributed by atoms with E-state index in [1.807, 2.05) is 25.1 Å². The molecule has 0 aliphatic rings. The highest BCUT2D eigenvalue weighted by molar-refractivity contribution is 6.30. The summed E-state index contributed by atoms with van der Waals surface area (Å²) in [4.78, 5) is 12.4. The van der Waals surface area contributed by atoms with Crippen LogP contribution in [0.4, 0.5) is 0 Å². The van der Waals surface area contributed by atoms with Crippen LogP contribution >= 0.6 is 11.6 Å². The van der Waals surface area contributed by atoms with E-state index in [0.29, 0.717) is 22.3 Å². The summed E-state index contributed by atoms with van der Waals surface area (Å²) in [5.41, 5.74) is 0.907. The number of carbonyl (C=O) groups is 1. The lowest BCUT2D eigenvalue weighted by molar-refractivity contribution is -0.127. The van der Waals surface area contributed by atoms with Crippen molar-refractivity contribution < 1.29 is 19.0 Å². The van der Waals surface area contributed by atoms with Crippen LogP contribution in [0, 0.1) is 0 Å². The van der Waals surface area contributed by atoms with Gasteiger partial charge in [-0.3, -0.25) is 4.79 Å². The highest BCUT2D eigenvalue weighted by atomic mass is 35.5. The van der Waals surface area contributed by atoms with Gasteiger partial charge in [-0.25, -0.2) is 0 Å².